The van der Waals surface area contributed by atoms with Gasteiger partial charge in [-0.3, -0.25) is 14.9 Å². The SMILES string of the molecule is COC(=O)[C@H]1Cc2c([nH]c3ccccc23)[C@H](c2ccc(OC(C)=O)cc2)N1. The van der Waals surface area contributed by atoms with E-state index in [4.69, 9.17) is 9.47 Å². The van der Waals surface area contributed by atoms with Crippen LogP contribution in [0.2, 0.25) is 0 Å². The van der Waals surface area contributed by atoms with Crippen LogP contribution in [0.25, 0.3) is 10.9 Å². The Bertz CT molecular complexity index is 1010. The van der Waals surface area contributed by atoms with Crippen molar-refractivity contribution >= 4 is 22.8 Å². The van der Waals surface area contributed by atoms with Crippen LogP contribution in [-0.4, -0.2) is 30.1 Å². The molecule has 2 aromatic carbocycles. The zero-order valence-corrected chi connectivity index (χ0v) is 15.1. The smallest absolute Gasteiger partial charge is 0.323 e. The third-order valence-corrected chi connectivity index (χ3v) is 4.87. The van der Waals surface area contributed by atoms with Crippen LogP contribution in [0.4, 0.5) is 0 Å². The average molecular weight is 364 g/mol. The molecule has 1 aliphatic rings. The molecule has 138 valence electrons. The highest BCUT2D eigenvalue weighted by atomic mass is 16.5. The maximum Gasteiger partial charge on any atom is 0.323 e. The van der Waals surface area contributed by atoms with Crippen LogP contribution in [0, 0.1) is 0 Å². The molecular formula is C21H20N2O4. The number of benzene rings is 2. The summed E-state index contributed by atoms with van der Waals surface area (Å²) in [6.07, 6.45) is 0.564. The number of aromatic amines is 1. The monoisotopic (exact) mass is 364 g/mol. The van der Waals surface area contributed by atoms with Crippen molar-refractivity contribution in [3.63, 3.8) is 0 Å². The van der Waals surface area contributed by atoms with E-state index in [1.165, 1.54) is 14.0 Å². The number of nitrogens with one attached hydrogen (secondary N) is 2. The quantitative estimate of drug-likeness (QED) is 0.552. The van der Waals surface area contributed by atoms with E-state index in [0.717, 1.165) is 27.7 Å². The van der Waals surface area contributed by atoms with Crippen LogP contribution in [0.15, 0.2) is 48.5 Å². The predicted octanol–water partition coefficient (Wildman–Crippen LogP) is 2.87. The van der Waals surface area contributed by atoms with Crippen molar-refractivity contribution in [1.82, 2.24) is 10.3 Å². The number of methoxy groups -OCH3 is 1. The molecule has 0 saturated carbocycles. The largest absolute Gasteiger partial charge is 0.468 e. The van der Waals surface area contributed by atoms with Gasteiger partial charge in [-0.1, -0.05) is 30.3 Å². The van der Waals surface area contributed by atoms with Crippen molar-refractivity contribution in [2.45, 2.75) is 25.4 Å². The molecule has 0 saturated heterocycles. The minimum atomic E-state index is -0.431. The van der Waals surface area contributed by atoms with Crippen LogP contribution in [0.5, 0.6) is 5.75 Å². The highest BCUT2D eigenvalue weighted by molar-refractivity contribution is 5.87. The summed E-state index contributed by atoms with van der Waals surface area (Å²) >= 11 is 0. The van der Waals surface area contributed by atoms with Gasteiger partial charge in [-0.05, 0) is 29.3 Å². The lowest BCUT2D eigenvalue weighted by molar-refractivity contribution is -0.143. The molecule has 2 heterocycles. The topological polar surface area (TPSA) is 80.4 Å². The van der Waals surface area contributed by atoms with Crippen molar-refractivity contribution in [2.24, 2.45) is 0 Å². The van der Waals surface area contributed by atoms with E-state index in [0.29, 0.717) is 12.2 Å². The first-order valence-electron chi connectivity index (χ1n) is 8.78. The van der Waals surface area contributed by atoms with Gasteiger partial charge in [-0.15, -0.1) is 0 Å². The molecular weight excluding hydrogens is 344 g/mol. The number of esters is 2. The van der Waals surface area contributed by atoms with E-state index in [1.54, 1.807) is 12.1 Å². The second kappa shape index (κ2) is 6.89. The van der Waals surface area contributed by atoms with Gasteiger partial charge in [0.25, 0.3) is 0 Å². The van der Waals surface area contributed by atoms with Crippen LogP contribution >= 0.6 is 0 Å². The number of fused-ring (bicyclic) bond motifs is 3. The fraction of sp³-hybridized carbons (Fsp3) is 0.238. The average Bonchev–Trinajstić information content (AvgIpc) is 3.05. The van der Waals surface area contributed by atoms with Crippen LogP contribution < -0.4 is 10.1 Å². The molecule has 0 unspecified atom stereocenters. The first kappa shape index (κ1) is 17.3. The summed E-state index contributed by atoms with van der Waals surface area (Å²) in [5.41, 5.74) is 4.16. The predicted molar refractivity (Wildman–Crippen MR) is 101 cm³/mol. The molecule has 0 radical (unpaired) electrons. The zero-order valence-electron chi connectivity index (χ0n) is 15.1. The van der Waals surface area contributed by atoms with Gasteiger partial charge in [0, 0.05) is 29.9 Å². The third-order valence-electron chi connectivity index (χ3n) is 4.87. The maximum absolute atomic E-state index is 12.2. The summed E-state index contributed by atoms with van der Waals surface area (Å²) in [4.78, 5) is 26.8. The number of carbonyl (C=O) groups excluding carboxylic acids is 2. The first-order valence-corrected chi connectivity index (χ1v) is 8.78. The fourth-order valence-electron chi connectivity index (χ4n) is 3.69. The zero-order chi connectivity index (χ0) is 19.0. The number of para-hydroxylation sites is 1. The minimum Gasteiger partial charge on any atom is -0.468 e. The molecule has 1 aromatic heterocycles. The summed E-state index contributed by atoms with van der Waals surface area (Å²) in [5.74, 6) is -0.155. The molecule has 27 heavy (non-hydrogen) atoms. The molecule has 0 aliphatic carbocycles. The van der Waals surface area contributed by atoms with E-state index in [9.17, 15) is 9.59 Å². The molecule has 0 amide bonds. The minimum absolute atomic E-state index is 0.198. The van der Waals surface area contributed by atoms with E-state index < -0.39 is 6.04 Å². The number of H-pyrrole nitrogens is 1. The number of hydrogen-bond acceptors (Lipinski definition) is 5. The lowest BCUT2D eigenvalue weighted by Gasteiger charge is -2.30. The van der Waals surface area contributed by atoms with Gasteiger partial charge in [0.05, 0.1) is 13.2 Å². The van der Waals surface area contributed by atoms with Gasteiger partial charge in [0.1, 0.15) is 11.8 Å². The van der Waals surface area contributed by atoms with Gasteiger partial charge in [-0.25, -0.2) is 0 Å². The number of rotatable bonds is 3. The van der Waals surface area contributed by atoms with Crippen LogP contribution in [0.3, 0.4) is 0 Å². The van der Waals surface area contributed by atoms with E-state index >= 15 is 0 Å². The number of ether oxygens (including phenoxy) is 2. The van der Waals surface area contributed by atoms with Crippen molar-refractivity contribution in [3.8, 4) is 5.75 Å². The van der Waals surface area contributed by atoms with Gasteiger partial charge in [0.2, 0.25) is 0 Å². The van der Waals surface area contributed by atoms with Gasteiger partial charge < -0.3 is 14.5 Å². The Morgan fingerprint density at radius 1 is 1.07 bits per heavy atom. The van der Waals surface area contributed by atoms with Gasteiger partial charge >= 0.3 is 11.9 Å². The molecule has 0 spiro atoms. The number of carbonyl (C=O) groups is 2. The molecule has 0 fully saturated rings. The van der Waals surface area contributed by atoms with Gasteiger partial charge in [-0.2, -0.15) is 0 Å². The fourth-order valence-corrected chi connectivity index (χ4v) is 3.69. The number of hydrogen-bond donors (Lipinski definition) is 2. The normalized spacial score (nSPS) is 18.7. The number of aromatic nitrogens is 1. The van der Waals surface area contributed by atoms with Crippen molar-refractivity contribution < 1.29 is 19.1 Å². The third kappa shape index (κ3) is 3.19. The lowest BCUT2D eigenvalue weighted by atomic mass is 9.90. The Balaban J connectivity index is 1.77. The molecule has 6 heteroatoms. The molecule has 6 nitrogen and oxygen atoms in total. The Kier molecular flexibility index (Phi) is 4.41. The van der Waals surface area contributed by atoms with Crippen molar-refractivity contribution in [2.75, 3.05) is 7.11 Å². The van der Waals surface area contributed by atoms with Crippen molar-refractivity contribution in [3.05, 3.63) is 65.4 Å². The highest BCUT2D eigenvalue weighted by Crippen LogP contribution is 2.35. The van der Waals surface area contributed by atoms with Gasteiger partial charge in [0.15, 0.2) is 0 Å². The van der Waals surface area contributed by atoms with Crippen LogP contribution in [-0.2, 0) is 20.7 Å². The summed E-state index contributed by atoms with van der Waals surface area (Å²) in [6.45, 7) is 1.37. The second-order valence-electron chi connectivity index (χ2n) is 6.61. The molecule has 0 bridgehead atoms. The molecule has 4 rings (SSSR count). The summed E-state index contributed by atoms with van der Waals surface area (Å²) in [6, 6.07) is 14.7. The standard InChI is InChI=1S/C21H20N2O4/c1-12(24)27-14-9-7-13(8-10-14)19-20-16(11-18(23-19)21(25)26-2)15-5-3-4-6-17(15)22-20/h3-10,18-19,22-23H,11H2,1-2H3/t18-,19+/m1/s1. The first-order chi connectivity index (χ1) is 13.1. The lowest BCUT2D eigenvalue weighted by Crippen LogP contribution is -2.45. The highest BCUT2D eigenvalue weighted by Gasteiger charge is 2.34. The molecule has 1 aliphatic heterocycles. The Hall–Kier alpha value is -3.12. The maximum atomic E-state index is 12.2. The van der Waals surface area contributed by atoms with Crippen LogP contribution in [0.1, 0.15) is 29.8 Å². The molecule has 2 N–H and O–H groups in total. The second-order valence-corrected chi connectivity index (χ2v) is 6.61. The van der Waals surface area contributed by atoms with E-state index in [-0.39, 0.29) is 18.0 Å². The van der Waals surface area contributed by atoms with E-state index in [1.807, 2.05) is 30.3 Å². The summed E-state index contributed by atoms with van der Waals surface area (Å²) < 4.78 is 10.1. The summed E-state index contributed by atoms with van der Waals surface area (Å²) in [7, 11) is 1.40. The Morgan fingerprint density at radius 2 is 1.81 bits per heavy atom. The summed E-state index contributed by atoms with van der Waals surface area (Å²) in [5, 5.41) is 4.50. The Labute approximate surface area is 156 Å². The molecule has 2 atom stereocenters. The Morgan fingerprint density at radius 3 is 2.52 bits per heavy atom. The van der Waals surface area contributed by atoms with E-state index in [2.05, 4.69) is 16.4 Å². The van der Waals surface area contributed by atoms with Crippen molar-refractivity contribution in [1.29, 1.82) is 0 Å². The molecule has 3 aromatic rings.